The summed E-state index contributed by atoms with van der Waals surface area (Å²) >= 11 is 7.36. The molecule has 31 heavy (non-hydrogen) atoms. The number of rotatable bonds is 3. The number of aromatic nitrogens is 1. The zero-order valence-electron chi connectivity index (χ0n) is 16.0. The number of esters is 1. The second kappa shape index (κ2) is 7.33. The van der Waals surface area contributed by atoms with E-state index in [2.05, 4.69) is 4.98 Å². The first kappa shape index (κ1) is 19.5. The van der Waals surface area contributed by atoms with E-state index in [1.165, 1.54) is 29.4 Å². The van der Waals surface area contributed by atoms with E-state index in [4.69, 9.17) is 20.8 Å². The van der Waals surface area contributed by atoms with Crippen molar-refractivity contribution in [3.8, 4) is 0 Å². The number of hydrogen-bond acceptors (Lipinski definition) is 7. The number of halogens is 1. The lowest BCUT2D eigenvalue weighted by Gasteiger charge is -2.22. The van der Waals surface area contributed by atoms with Crippen LogP contribution in [0.1, 0.15) is 38.1 Å². The fraction of sp³-hybridized carbons (Fsp3) is 0.0909. The highest BCUT2D eigenvalue weighted by molar-refractivity contribution is 7.13. The number of thiazole rings is 1. The summed E-state index contributed by atoms with van der Waals surface area (Å²) in [6.07, 6.45) is 1.58. The summed E-state index contributed by atoms with van der Waals surface area (Å²) in [7, 11) is 1.30. The maximum atomic E-state index is 13.4. The minimum Gasteiger partial charge on any atom is -0.465 e. The van der Waals surface area contributed by atoms with E-state index >= 15 is 0 Å². The molecule has 0 spiro atoms. The Labute approximate surface area is 184 Å². The molecule has 0 N–H and O–H groups in total. The topological polar surface area (TPSA) is 89.7 Å². The molecule has 1 amide bonds. The van der Waals surface area contributed by atoms with E-state index < -0.39 is 17.9 Å². The highest BCUT2D eigenvalue weighted by Crippen LogP contribution is 2.42. The molecule has 2 aromatic heterocycles. The predicted molar refractivity (Wildman–Crippen MR) is 116 cm³/mol. The quantitative estimate of drug-likeness (QED) is 0.427. The molecule has 1 aliphatic heterocycles. The monoisotopic (exact) mass is 452 g/mol. The Balaban J connectivity index is 1.76. The summed E-state index contributed by atoms with van der Waals surface area (Å²) in [6, 6.07) is 10.5. The number of ether oxygens (including phenoxy) is 1. The van der Waals surface area contributed by atoms with E-state index in [0.717, 1.165) is 0 Å². The van der Waals surface area contributed by atoms with Crippen LogP contribution in [0, 0.1) is 0 Å². The van der Waals surface area contributed by atoms with Crippen LogP contribution in [0.25, 0.3) is 11.0 Å². The van der Waals surface area contributed by atoms with Crippen LogP contribution in [-0.4, -0.2) is 24.0 Å². The van der Waals surface area contributed by atoms with Gasteiger partial charge in [-0.15, -0.1) is 11.3 Å². The second-order valence-electron chi connectivity index (χ2n) is 6.82. The largest absolute Gasteiger partial charge is 0.465 e. The number of benzene rings is 2. The molecule has 0 aliphatic carbocycles. The first-order chi connectivity index (χ1) is 15.0. The van der Waals surface area contributed by atoms with Crippen LogP contribution in [0.3, 0.4) is 0 Å². The average molecular weight is 453 g/mol. The van der Waals surface area contributed by atoms with Gasteiger partial charge in [0.05, 0.1) is 29.7 Å². The molecule has 9 heteroatoms. The third kappa shape index (κ3) is 3.03. The number of carbonyl (C=O) groups excluding carboxylic acids is 2. The molecule has 154 valence electrons. The van der Waals surface area contributed by atoms with Gasteiger partial charge in [0.1, 0.15) is 5.58 Å². The molecule has 5 rings (SSSR count). The molecule has 2 aromatic carbocycles. The van der Waals surface area contributed by atoms with Gasteiger partial charge in [-0.25, -0.2) is 9.78 Å². The number of amides is 1. The number of carbonyl (C=O) groups is 2. The van der Waals surface area contributed by atoms with Crippen LogP contribution < -0.4 is 10.3 Å². The van der Waals surface area contributed by atoms with Gasteiger partial charge >= 0.3 is 5.97 Å². The summed E-state index contributed by atoms with van der Waals surface area (Å²) in [5.74, 6) is -0.968. The van der Waals surface area contributed by atoms with Gasteiger partial charge < -0.3 is 9.15 Å². The van der Waals surface area contributed by atoms with Gasteiger partial charge in [-0.2, -0.15) is 0 Å². The van der Waals surface area contributed by atoms with Crippen LogP contribution in [0.4, 0.5) is 5.13 Å². The van der Waals surface area contributed by atoms with Crippen molar-refractivity contribution in [2.75, 3.05) is 12.0 Å². The molecule has 1 unspecified atom stereocenters. The molecule has 7 nitrogen and oxygen atoms in total. The number of methoxy groups -OCH3 is 1. The van der Waals surface area contributed by atoms with E-state index in [1.54, 1.807) is 48.0 Å². The normalized spacial score (nSPS) is 15.4. The molecular weight excluding hydrogens is 440 g/mol. The van der Waals surface area contributed by atoms with Gasteiger partial charge in [-0.3, -0.25) is 14.5 Å². The van der Waals surface area contributed by atoms with Gasteiger partial charge in [-0.05, 0) is 35.9 Å². The fourth-order valence-corrected chi connectivity index (χ4v) is 4.55. The smallest absolute Gasteiger partial charge is 0.337 e. The molecule has 1 aliphatic rings. The number of anilines is 1. The zero-order chi connectivity index (χ0) is 21.7. The minimum atomic E-state index is -0.764. The van der Waals surface area contributed by atoms with Crippen molar-refractivity contribution >= 4 is 50.9 Å². The Morgan fingerprint density at radius 1 is 1.19 bits per heavy atom. The molecule has 0 saturated heterocycles. The Morgan fingerprint density at radius 3 is 2.65 bits per heavy atom. The van der Waals surface area contributed by atoms with Crippen LogP contribution in [-0.2, 0) is 4.74 Å². The lowest BCUT2D eigenvalue weighted by Crippen LogP contribution is -2.29. The van der Waals surface area contributed by atoms with Crippen LogP contribution in [0.5, 0.6) is 0 Å². The van der Waals surface area contributed by atoms with Crippen molar-refractivity contribution in [2.45, 2.75) is 6.04 Å². The summed E-state index contributed by atoms with van der Waals surface area (Å²) in [4.78, 5) is 44.3. The molecule has 0 fully saturated rings. The predicted octanol–water partition coefficient (Wildman–Crippen LogP) is 4.44. The minimum absolute atomic E-state index is 0.0305. The third-order valence-electron chi connectivity index (χ3n) is 5.11. The maximum Gasteiger partial charge on any atom is 0.337 e. The highest BCUT2D eigenvalue weighted by Gasteiger charge is 2.44. The summed E-state index contributed by atoms with van der Waals surface area (Å²) in [5.41, 5.74) is 1.13. The Bertz CT molecular complexity index is 1400. The molecule has 0 bridgehead atoms. The van der Waals surface area contributed by atoms with Gasteiger partial charge in [0.2, 0.25) is 5.76 Å². The van der Waals surface area contributed by atoms with E-state index in [1.807, 2.05) is 0 Å². The molecule has 3 heterocycles. The van der Waals surface area contributed by atoms with E-state index in [0.29, 0.717) is 21.3 Å². The number of hydrogen-bond donors (Lipinski definition) is 0. The number of nitrogens with zero attached hydrogens (tertiary/aromatic N) is 2. The van der Waals surface area contributed by atoms with Gasteiger partial charge in [0.15, 0.2) is 10.6 Å². The van der Waals surface area contributed by atoms with E-state index in [9.17, 15) is 14.4 Å². The van der Waals surface area contributed by atoms with Gasteiger partial charge in [0, 0.05) is 16.6 Å². The summed E-state index contributed by atoms with van der Waals surface area (Å²) in [6.45, 7) is 0. The van der Waals surface area contributed by atoms with E-state index in [-0.39, 0.29) is 27.7 Å². The van der Waals surface area contributed by atoms with Crippen LogP contribution >= 0.6 is 22.9 Å². The standard InChI is InChI=1S/C22H13ClN2O5S/c1-29-21(28)12-4-2-11(3-5-12)17-16-18(26)14-10-13(23)6-7-15(14)30-19(16)20(27)25(17)22-24-8-9-31-22/h2-10,17H,1H3. The van der Waals surface area contributed by atoms with Gasteiger partial charge in [-0.1, -0.05) is 23.7 Å². The van der Waals surface area contributed by atoms with Crippen LogP contribution in [0.15, 0.2) is 63.3 Å². The van der Waals surface area contributed by atoms with Crippen molar-refractivity contribution in [2.24, 2.45) is 0 Å². The fourth-order valence-electron chi connectivity index (χ4n) is 3.71. The van der Waals surface area contributed by atoms with Crippen molar-refractivity contribution in [1.29, 1.82) is 0 Å². The lowest BCUT2D eigenvalue weighted by atomic mass is 9.97. The van der Waals surface area contributed by atoms with Crippen molar-refractivity contribution in [3.05, 3.63) is 91.7 Å². The molecule has 1 atom stereocenters. The first-order valence-corrected chi connectivity index (χ1v) is 10.4. The maximum absolute atomic E-state index is 13.4. The first-order valence-electron chi connectivity index (χ1n) is 9.17. The van der Waals surface area contributed by atoms with Crippen molar-refractivity contribution < 1.29 is 18.7 Å². The Hall–Kier alpha value is -3.49. The van der Waals surface area contributed by atoms with Crippen LogP contribution in [0.2, 0.25) is 5.02 Å². The lowest BCUT2D eigenvalue weighted by molar-refractivity contribution is 0.0600. The Kier molecular flexibility index (Phi) is 4.60. The number of fused-ring (bicyclic) bond motifs is 2. The SMILES string of the molecule is COC(=O)c1ccc(C2c3c(oc4ccc(Cl)cc4c3=O)C(=O)N2c2nccs2)cc1. The van der Waals surface area contributed by atoms with Gasteiger partial charge in [0.25, 0.3) is 5.91 Å². The Morgan fingerprint density at radius 2 is 1.97 bits per heavy atom. The average Bonchev–Trinajstić information content (AvgIpc) is 3.40. The highest BCUT2D eigenvalue weighted by atomic mass is 35.5. The van der Waals surface area contributed by atoms with Crippen molar-refractivity contribution in [1.82, 2.24) is 4.98 Å². The molecular formula is C22H13ClN2O5S. The third-order valence-corrected chi connectivity index (χ3v) is 6.11. The molecule has 0 saturated carbocycles. The zero-order valence-corrected chi connectivity index (χ0v) is 17.6. The summed E-state index contributed by atoms with van der Waals surface area (Å²) < 4.78 is 10.6. The second-order valence-corrected chi connectivity index (χ2v) is 8.13. The summed E-state index contributed by atoms with van der Waals surface area (Å²) in [5, 5.41) is 2.85. The molecule has 4 aromatic rings. The van der Waals surface area contributed by atoms with Crippen molar-refractivity contribution in [3.63, 3.8) is 0 Å². The molecule has 0 radical (unpaired) electrons.